The van der Waals surface area contributed by atoms with E-state index in [0.717, 1.165) is 5.56 Å². The number of hydrogen-bond donors (Lipinski definition) is 1. The molecule has 2 amide bonds. The van der Waals surface area contributed by atoms with Gasteiger partial charge in [0.25, 0.3) is 0 Å². The molecule has 2 aromatic rings. The number of carbonyl (C=O) groups is 2. The Hall–Kier alpha value is -2.34. The van der Waals surface area contributed by atoms with Crippen LogP contribution in [0.4, 0.5) is 0 Å². The molecule has 26 heavy (non-hydrogen) atoms. The number of hydrogen-bond acceptors (Lipinski definition) is 4. The van der Waals surface area contributed by atoms with Crippen molar-refractivity contribution in [2.45, 2.75) is 39.2 Å². The van der Waals surface area contributed by atoms with Gasteiger partial charge in [-0.25, -0.2) is 4.98 Å². The van der Waals surface area contributed by atoms with Gasteiger partial charge in [-0.15, -0.1) is 0 Å². The van der Waals surface area contributed by atoms with Crippen LogP contribution in [0.1, 0.15) is 33.1 Å². The molecule has 1 N–H and O–H groups in total. The first-order valence-electron chi connectivity index (χ1n) is 8.40. The molecule has 1 aromatic carbocycles. The average Bonchev–Trinajstić information content (AvgIpc) is 2.99. The van der Waals surface area contributed by atoms with Crippen LogP contribution in [-0.2, 0) is 16.0 Å². The van der Waals surface area contributed by atoms with Crippen LogP contribution in [-0.4, -0.2) is 40.8 Å². The first kappa shape index (κ1) is 20.0. The van der Waals surface area contributed by atoms with Crippen LogP contribution in [0, 0.1) is 0 Å². The van der Waals surface area contributed by atoms with Gasteiger partial charge in [-0.1, -0.05) is 23.7 Å². The van der Waals surface area contributed by atoms with E-state index >= 15 is 0 Å². The quantitative estimate of drug-likeness (QED) is 0.838. The SMILES string of the molecule is CN(CC(=O)NC(C)(C)C)C(=O)CCc1ncc(-c2ccccc2Cl)o1. The number of rotatable bonds is 6. The van der Waals surface area contributed by atoms with Gasteiger partial charge in [-0.05, 0) is 32.9 Å². The van der Waals surface area contributed by atoms with E-state index in [9.17, 15) is 9.59 Å². The molecule has 0 aliphatic heterocycles. The third-order valence-electron chi connectivity index (χ3n) is 3.57. The normalized spacial score (nSPS) is 11.3. The van der Waals surface area contributed by atoms with Crippen LogP contribution in [0.3, 0.4) is 0 Å². The molecule has 6 nitrogen and oxygen atoms in total. The van der Waals surface area contributed by atoms with Crippen molar-refractivity contribution < 1.29 is 14.0 Å². The van der Waals surface area contributed by atoms with E-state index in [1.54, 1.807) is 19.3 Å². The highest BCUT2D eigenvalue weighted by molar-refractivity contribution is 6.33. The lowest BCUT2D eigenvalue weighted by molar-refractivity contribution is -0.135. The lowest BCUT2D eigenvalue weighted by Crippen LogP contribution is -2.46. The molecule has 2 rings (SSSR count). The Morgan fingerprint density at radius 3 is 2.62 bits per heavy atom. The molecule has 140 valence electrons. The molecule has 0 radical (unpaired) electrons. The number of oxazole rings is 1. The zero-order valence-corrected chi connectivity index (χ0v) is 16.3. The Morgan fingerprint density at radius 1 is 1.27 bits per heavy atom. The third kappa shape index (κ3) is 5.88. The largest absolute Gasteiger partial charge is 0.441 e. The van der Waals surface area contributed by atoms with Crippen LogP contribution in [0.5, 0.6) is 0 Å². The summed E-state index contributed by atoms with van der Waals surface area (Å²) >= 11 is 6.14. The van der Waals surface area contributed by atoms with Crippen LogP contribution in [0.15, 0.2) is 34.9 Å². The summed E-state index contributed by atoms with van der Waals surface area (Å²) in [6.45, 7) is 5.70. The van der Waals surface area contributed by atoms with Gasteiger partial charge in [0.2, 0.25) is 11.8 Å². The molecular weight excluding hydrogens is 354 g/mol. The molecule has 7 heteroatoms. The molecular formula is C19H24ClN3O3. The monoisotopic (exact) mass is 377 g/mol. The summed E-state index contributed by atoms with van der Waals surface area (Å²) in [4.78, 5) is 29.7. The minimum Gasteiger partial charge on any atom is -0.441 e. The van der Waals surface area contributed by atoms with E-state index < -0.39 is 0 Å². The van der Waals surface area contributed by atoms with Crippen LogP contribution < -0.4 is 5.32 Å². The Bertz CT molecular complexity index is 780. The topological polar surface area (TPSA) is 75.4 Å². The Balaban J connectivity index is 1.88. The number of carbonyl (C=O) groups excluding carboxylic acids is 2. The summed E-state index contributed by atoms with van der Waals surface area (Å²) in [7, 11) is 1.61. The summed E-state index contributed by atoms with van der Waals surface area (Å²) in [5, 5.41) is 3.41. The van der Waals surface area contributed by atoms with Crippen molar-refractivity contribution in [2.24, 2.45) is 0 Å². The predicted octanol–water partition coefficient (Wildman–Crippen LogP) is 3.30. The van der Waals surface area contributed by atoms with Gasteiger partial charge in [-0.3, -0.25) is 9.59 Å². The van der Waals surface area contributed by atoms with Gasteiger partial charge in [0, 0.05) is 31.0 Å². The summed E-state index contributed by atoms with van der Waals surface area (Å²) in [5.41, 5.74) is 0.434. The number of halogens is 1. The van der Waals surface area contributed by atoms with E-state index in [-0.39, 0.29) is 30.3 Å². The molecule has 0 unspecified atom stereocenters. The Morgan fingerprint density at radius 2 is 1.96 bits per heavy atom. The highest BCUT2D eigenvalue weighted by Crippen LogP contribution is 2.28. The fraction of sp³-hybridized carbons (Fsp3) is 0.421. The Kier molecular flexibility index (Phi) is 6.42. The zero-order chi connectivity index (χ0) is 19.3. The van der Waals surface area contributed by atoms with Crippen molar-refractivity contribution in [3.8, 4) is 11.3 Å². The number of benzene rings is 1. The minimum absolute atomic E-state index is 0.0204. The van der Waals surface area contributed by atoms with Crippen molar-refractivity contribution in [3.05, 3.63) is 41.4 Å². The third-order valence-corrected chi connectivity index (χ3v) is 3.90. The summed E-state index contributed by atoms with van der Waals surface area (Å²) in [6.07, 6.45) is 2.16. The first-order chi connectivity index (χ1) is 12.2. The molecule has 0 saturated carbocycles. The maximum Gasteiger partial charge on any atom is 0.240 e. The van der Waals surface area contributed by atoms with Crippen LogP contribution in [0.2, 0.25) is 5.02 Å². The molecule has 0 saturated heterocycles. The van der Waals surface area contributed by atoms with Crippen LogP contribution >= 0.6 is 11.6 Å². The average molecular weight is 378 g/mol. The number of nitrogens with zero attached hydrogens (tertiary/aromatic N) is 2. The van der Waals surface area contributed by atoms with Gasteiger partial charge in [0.05, 0.1) is 17.8 Å². The second-order valence-electron chi connectivity index (χ2n) is 7.15. The van der Waals surface area contributed by atoms with Crippen molar-refractivity contribution in [2.75, 3.05) is 13.6 Å². The molecule has 0 spiro atoms. The number of aromatic nitrogens is 1. The summed E-state index contributed by atoms with van der Waals surface area (Å²) in [5.74, 6) is 0.689. The van der Waals surface area contributed by atoms with Crippen molar-refractivity contribution in [1.29, 1.82) is 0 Å². The number of aryl methyl sites for hydroxylation is 1. The maximum atomic E-state index is 12.2. The van der Waals surface area contributed by atoms with E-state index in [4.69, 9.17) is 16.0 Å². The zero-order valence-electron chi connectivity index (χ0n) is 15.5. The molecule has 1 aromatic heterocycles. The second kappa shape index (κ2) is 8.36. The first-order valence-corrected chi connectivity index (χ1v) is 8.78. The van der Waals surface area contributed by atoms with Gasteiger partial charge in [0.1, 0.15) is 0 Å². The standard InChI is InChI=1S/C19H24ClN3O3/c1-19(2,3)22-16(24)12-23(4)18(25)10-9-17-21-11-15(26-17)13-7-5-6-8-14(13)20/h5-8,11H,9-10,12H2,1-4H3,(H,22,24). The molecule has 0 atom stereocenters. The minimum atomic E-state index is -0.325. The fourth-order valence-electron chi connectivity index (χ4n) is 2.38. The molecule has 0 bridgehead atoms. The summed E-state index contributed by atoms with van der Waals surface area (Å²) in [6, 6.07) is 7.33. The van der Waals surface area contributed by atoms with E-state index in [2.05, 4.69) is 10.3 Å². The van der Waals surface area contributed by atoms with Gasteiger partial charge >= 0.3 is 0 Å². The highest BCUT2D eigenvalue weighted by Gasteiger charge is 2.18. The molecule has 0 aliphatic rings. The van der Waals surface area contributed by atoms with Crippen molar-refractivity contribution >= 4 is 23.4 Å². The Labute approximate surface area is 158 Å². The van der Waals surface area contributed by atoms with E-state index in [1.807, 2.05) is 39.0 Å². The predicted molar refractivity (Wildman–Crippen MR) is 101 cm³/mol. The van der Waals surface area contributed by atoms with Crippen molar-refractivity contribution in [3.63, 3.8) is 0 Å². The second-order valence-corrected chi connectivity index (χ2v) is 7.55. The smallest absolute Gasteiger partial charge is 0.240 e. The lowest BCUT2D eigenvalue weighted by atomic mass is 10.1. The van der Waals surface area contributed by atoms with Crippen molar-refractivity contribution in [1.82, 2.24) is 15.2 Å². The van der Waals surface area contributed by atoms with Crippen LogP contribution in [0.25, 0.3) is 11.3 Å². The lowest BCUT2D eigenvalue weighted by Gasteiger charge is -2.23. The maximum absolute atomic E-state index is 12.2. The molecule has 0 aliphatic carbocycles. The number of likely N-dealkylation sites (N-methyl/N-ethyl adjacent to an activating group) is 1. The number of nitrogens with one attached hydrogen (secondary N) is 1. The fourth-order valence-corrected chi connectivity index (χ4v) is 2.61. The van der Waals surface area contributed by atoms with E-state index in [1.165, 1.54) is 4.90 Å². The van der Waals surface area contributed by atoms with E-state index in [0.29, 0.717) is 23.1 Å². The molecule has 1 heterocycles. The highest BCUT2D eigenvalue weighted by atomic mass is 35.5. The number of amides is 2. The summed E-state index contributed by atoms with van der Waals surface area (Å²) < 4.78 is 5.68. The van der Waals surface area contributed by atoms with Gasteiger partial charge in [0.15, 0.2) is 11.7 Å². The van der Waals surface area contributed by atoms with Gasteiger partial charge < -0.3 is 14.6 Å². The van der Waals surface area contributed by atoms with Gasteiger partial charge in [-0.2, -0.15) is 0 Å². The molecule has 0 fully saturated rings.